The van der Waals surface area contributed by atoms with Gasteiger partial charge in [0.15, 0.2) is 0 Å². The lowest BCUT2D eigenvalue weighted by Crippen LogP contribution is -2.13. The van der Waals surface area contributed by atoms with Gasteiger partial charge in [0, 0.05) is 4.88 Å². The van der Waals surface area contributed by atoms with Crippen LogP contribution in [0, 0.1) is 20.8 Å². The van der Waals surface area contributed by atoms with Gasteiger partial charge in [-0.15, -0.1) is 11.3 Å². The van der Waals surface area contributed by atoms with Crippen molar-refractivity contribution in [3.05, 3.63) is 55.2 Å². The van der Waals surface area contributed by atoms with Crippen molar-refractivity contribution in [1.82, 2.24) is 0 Å². The second-order valence-electron chi connectivity index (χ2n) is 4.33. The Kier molecular flexibility index (Phi) is 3.71. The SMILES string of the molecule is Cc1cccc(C(N)c2cc(Br)sc2C)c1C. The molecule has 2 rings (SSSR count). The van der Waals surface area contributed by atoms with E-state index in [4.69, 9.17) is 5.73 Å². The van der Waals surface area contributed by atoms with Gasteiger partial charge in [0.1, 0.15) is 0 Å². The van der Waals surface area contributed by atoms with Crippen LogP contribution in [-0.2, 0) is 0 Å². The third-order valence-electron chi connectivity index (χ3n) is 3.24. The Balaban J connectivity index is 2.47. The molecule has 1 nitrogen and oxygen atoms in total. The Hall–Kier alpha value is -0.640. The molecule has 0 aliphatic carbocycles. The number of hydrogen-bond acceptors (Lipinski definition) is 2. The van der Waals surface area contributed by atoms with Gasteiger partial charge in [-0.2, -0.15) is 0 Å². The quantitative estimate of drug-likeness (QED) is 0.869. The summed E-state index contributed by atoms with van der Waals surface area (Å²) in [4.78, 5) is 1.28. The lowest BCUT2D eigenvalue weighted by molar-refractivity contribution is 0.856. The maximum Gasteiger partial charge on any atom is 0.0704 e. The van der Waals surface area contributed by atoms with Gasteiger partial charge < -0.3 is 5.73 Å². The van der Waals surface area contributed by atoms with Crippen LogP contribution in [0.25, 0.3) is 0 Å². The minimum absolute atomic E-state index is 0.0301. The Morgan fingerprint density at radius 3 is 2.47 bits per heavy atom. The van der Waals surface area contributed by atoms with Crippen LogP contribution in [-0.4, -0.2) is 0 Å². The van der Waals surface area contributed by atoms with Crippen molar-refractivity contribution in [2.24, 2.45) is 5.73 Å². The monoisotopic (exact) mass is 309 g/mol. The summed E-state index contributed by atoms with van der Waals surface area (Å²) >= 11 is 5.26. The molecule has 90 valence electrons. The van der Waals surface area contributed by atoms with E-state index in [0.717, 1.165) is 3.79 Å². The van der Waals surface area contributed by atoms with Gasteiger partial charge in [-0.1, -0.05) is 18.2 Å². The molecule has 0 aliphatic rings. The van der Waals surface area contributed by atoms with Gasteiger partial charge >= 0.3 is 0 Å². The molecule has 0 bridgehead atoms. The molecule has 0 fully saturated rings. The fraction of sp³-hybridized carbons (Fsp3) is 0.286. The van der Waals surface area contributed by atoms with Crippen molar-refractivity contribution in [2.75, 3.05) is 0 Å². The first-order valence-electron chi connectivity index (χ1n) is 5.58. The molecule has 17 heavy (non-hydrogen) atoms. The fourth-order valence-corrected chi connectivity index (χ4v) is 3.80. The van der Waals surface area contributed by atoms with E-state index in [-0.39, 0.29) is 6.04 Å². The van der Waals surface area contributed by atoms with Crippen molar-refractivity contribution in [3.8, 4) is 0 Å². The molecule has 0 saturated carbocycles. The van der Waals surface area contributed by atoms with Crippen molar-refractivity contribution in [3.63, 3.8) is 0 Å². The average molecular weight is 310 g/mol. The van der Waals surface area contributed by atoms with Crippen LogP contribution in [0.2, 0.25) is 0 Å². The highest BCUT2D eigenvalue weighted by Gasteiger charge is 2.16. The number of hydrogen-bond donors (Lipinski definition) is 1. The van der Waals surface area contributed by atoms with Gasteiger partial charge in [-0.25, -0.2) is 0 Å². The highest BCUT2D eigenvalue weighted by molar-refractivity contribution is 9.11. The van der Waals surface area contributed by atoms with Crippen molar-refractivity contribution < 1.29 is 0 Å². The van der Waals surface area contributed by atoms with Crippen LogP contribution in [0.3, 0.4) is 0 Å². The van der Waals surface area contributed by atoms with E-state index in [1.54, 1.807) is 11.3 Å². The molecule has 1 aromatic carbocycles. The second-order valence-corrected chi connectivity index (χ2v) is 6.96. The maximum atomic E-state index is 6.39. The van der Waals surface area contributed by atoms with Crippen molar-refractivity contribution in [1.29, 1.82) is 0 Å². The number of thiophene rings is 1. The number of benzene rings is 1. The molecule has 1 unspecified atom stereocenters. The summed E-state index contributed by atoms with van der Waals surface area (Å²) in [6, 6.07) is 8.43. The van der Waals surface area contributed by atoms with Gasteiger partial charge in [-0.05, 0) is 65.0 Å². The van der Waals surface area contributed by atoms with Crippen molar-refractivity contribution in [2.45, 2.75) is 26.8 Å². The van der Waals surface area contributed by atoms with E-state index in [2.05, 4.69) is 61.0 Å². The first kappa shape index (κ1) is 12.8. The minimum Gasteiger partial charge on any atom is -0.320 e. The van der Waals surface area contributed by atoms with Crippen molar-refractivity contribution >= 4 is 27.3 Å². The van der Waals surface area contributed by atoms with Crippen LogP contribution in [0.1, 0.15) is 33.2 Å². The van der Waals surface area contributed by atoms with E-state index in [9.17, 15) is 0 Å². The van der Waals surface area contributed by atoms with Gasteiger partial charge in [0.2, 0.25) is 0 Å². The topological polar surface area (TPSA) is 26.0 Å². The number of rotatable bonds is 2. The van der Waals surface area contributed by atoms with E-state index in [1.165, 1.54) is 27.1 Å². The Bertz CT molecular complexity index is 545. The predicted molar refractivity (Wildman–Crippen MR) is 78.7 cm³/mol. The zero-order valence-electron chi connectivity index (χ0n) is 10.3. The summed E-state index contributed by atoms with van der Waals surface area (Å²) in [5.41, 5.74) is 11.4. The summed E-state index contributed by atoms with van der Waals surface area (Å²) in [6.07, 6.45) is 0. The second kappa shape index (κ2) is 4.92. The number of aryl methyl sites for hydroxylation is 2. The third kappa shape index (κ3) is 2.46. The number of nitrogens with two attached hydrogens (primary N) is 1. The largest absolute Gasteiger partial charge is 0.320 e. The summed E-state index contributed by atoms with van der Waals surface area (Å²) < 4.78 is 1.14. The minimum atomic E-state index is -0.0301. The first-order valence-corrected chi connectivity index (χ1v) is 7.19. The fourth-order valence-electron chi connectivity index (χ4n) is 2.05. The van der Waals surface area contributed by atoms with Gasteiger partial charge in [-0.3, -0.25) is 0 Å². The Labute approximate surface area is 115 Å². The van der Waals surface area contributed by atoms with Crippen LogP contribution >= 0.6 is 27.3 Å². The molecule has 0 aliphatic heterocycles. The zero-order chi connectivity index (χ0) is 12.6. The standard InChI is InChI=1S/C14H16BrNS/c1-8-5-4-6-11(9(8)2)14(16)12-7-13(15)17-10(12)3/h4-7,14H,16H2,1-3H3. The van der Waals surface area contributed by atoms with Crippen LogP contribution < -0.4 is 5.73 Å². The third-order valence-corrected chi connectivity index (χ3v) is 4.81. The van der Waals surface area contributed by atoms with E-state index in [1.807, 2.05) is 0 Å². The molecule has 0 radical (unpaired) electrons. The Morgan fingerprint density at radius 2 is 1.88 bits per heavy atom. The summed E-state index contributed by atoms with van der Waals surface area (Å²) in [6.45, 7) is 6.39. The smallest absolute Gasteiger partial charge is 0.0704 e. The molecule has 1 aromatic heterocycles. The highest BCUT2D eigenvalue weighted by Crippen LogP contribution is 2.33. The highest BCUT2D eigenvalue weighted by atomic mass is 79.9. The Morgan fingerprint density at radius 1 is 1.18 bits per heavy atom. The molecule has 0 amide bonds. The molecule has 1 heterocycles. The molecule has 1 atom stereocenters. The summed E-state index contributed by atoms with van der Waals surface area (Å²) in [7, 11) is 0. The lowest BCUT2D eigenvalue weighted by atomic mass is 9.94. The molecule has 0 saturated heterocycles. The zero-order valence-corrected chi connectivity index (χ0v) is 12.7. The predicted octanol–water partition coefficient (Wildman–Crippen LogP) is 4.48. The molecule has 0 spiro atoms. The summed E-state index contributed by atoms with van der Waals surface area (Å²) in [5, 5.41) is 0. The van der Waals surface area contributed by atoms with Crippen LogP contribution in [0.15, 0.2) is 28.1 Å². The van der Waals surface area contributed by atoms with Crippen LogP contribution in [0.4, 0.5) is 0 Å². The van der Waals surface area contributed by atoms with E-state index in [0.29, 0.717) is 0 Å². The lowest BCUT2D eigenvalue weighted by Gasteiger charge is -2.16. The molecular weight excluding hydrogens is 294 g/mol. The van der Waals surface area contributed by atoms with E-state index >= 15 is 0 Å². The maximum absolute atomic E-state index is 6.39. The van der Waals surface area contributed by atoms with Gasteiger partial charge in [0.25, 0.3) is 0 Å². The molecule has 2 N–H and O–H groups in total. The normalized spacial score (nSPS) is 12.8. The molecule has 2 aromatic rings. The van der Waals surface area contributed by atoms with Gasteiger partial charge in [0.05, 0.1) is 9.83 Å². The number of halogens is 1. The molecular formula is C14H16BrNS. The average Bonchev–Trinajstić information content (AvgIpc) is 2.61. The first-order chi connectivity index (χ1) is 8.00. The van der Waals surface area contributed by atoms with E-state index < -0.39 is 0 Å². The van der Waals surface area contributed by atoms with Crippen LogP contribution in [0.5, 0.6) is 0 Å². The summed E-state index contributed by atoms with van der Waals surface area (Å²) in [5.74, 6) is 0. The molecule has 3 heteroatoms.